The zero-order valence-electron chi connectivity index (χ0n) is 10.5. The summed E-state index contributed by atoms with van der Waals surface area (Å²) in [5.74, 6) is 1.80. The van der Waals surface area contributed by atoms with Gasteiger partial charge in [0.25, 0.3) is 0 Å². The number of imidazole rings is 1. The molecule has 1 aromatic rings. The van der Waals surface area contributed by atoms with Crippen molar-refractivity contribution in [2.75, 3.05) is 0 Å². The molecule has 0 aliphatic carbocycles. The van der Waals surface area contributed by atoms with E-state index in [4.69, 9.17) is 0 Å². The largest absolute Gasteiger partial charge is 0.337 e. The lowest BCUT2D eigenvalue weighted by atomic mass is 10.0. The molecule has 0 saturated carbocycles. The van der Waals surface area contributed by atoms with Crippen molar-refractivity contribution in [2.45, 2.75) is 46.2 Å². The lowest BCUT2D eigenvalue weighted by Crippen LogP contribution is -2.34. The minimum absolute atomic E-state index is 0.314. The number of hydrogen-bond donors (Lipinski definition) is 1. The third kappa shape index (κ3) is 3.06. The summed E-state index contributed by atoms with van der Waals surface area (Å²) >= 11 is 0. The number of aromatic nitrogens is 2. The number of rotatable bonds is 5. The van der Waals surface area contributed by atoms with Crippen LogP contribution < -0.4 is 5.32 Å². The minimum Gasteiger partial charge on any atom is -0.337 e. The molecule has 0 saturated heterocycles. The second kappa shape index (κ2) is 5.31. The molecule has 0 radical (unpaired) electrons. The predicted molar refractivity (Wildman–Crippen MR) is 63.7 cm³/mol. The monoisotopic (exact) mass is 209 g/mol. The van der Waals surface area contributed by atoms with E-state index in [9.17, 15) is 0 Å². The van der Waals surface area contributed by atoms with Crippen LogP contribution in [0.25, 0.3) is 0 Å². The van der Waals surface area contributed by atoms with Crippen molar-refractivity contribution in [3.63, 3.8) is 0 Å². The average Bonchev–Trinajstić information content (AvgIpc) is 2.63. The van der Waals surface area contributed by atoms with Crippen LogP contribution in [0.1, 0.15) is 46.0 Å². The quantitative estimate of drug-likeness (QED) is 0.807. The van der Waals surface area contributed by atoms with Gasteiger partial charge < -0.3 is 9.88 Å². The molecule has 3 nitrogen and oxygen atoms in total. The molecule has 1 rings (SSSR count). The third-order valence-corrected chi connectivity index (χ3v) is 3.26. The van der Waals surface area contributed by atoms with E-state index >= 15 is 0 Å². The standard InChI is InChI=1S/C12H23N3/c1-6-9(2)10(3)14-11(4)12-13-7-8-15(12)5/h7-11,14H,6H2,1-5H3. The molecule has 0 aliphatic rings. The summed E-state index contributed by atoms with van der Waals surface area (Å²) in [6.07, 6.45) is 5.05. The first-order valence-corrected chi connectivity index (χ1v) is 5.79. The first kappa shape index (κ1) is 12.2. The number of hydrogen-bond acceptors (Lipinski definition) is 2. The summed E-state index contributed by atoms with van der Waals surface area (Å²) in [4.78, 5) is 4.35. The SMILES string of the molecule is CCC(C)C(C)NC(C)c1nccn1C. The molecule has 3 atom stereocenters. The summed E-state index contributed by atoms with van der Waals surface area (Å²) in [5.41, 5.74) is 0. The Morgan fingerprint density at radius 3 is 2.53 bits per heavy atom. The van der Waals surface area contributed by atoms with Gasteiger partial charge in [-0.2, -0.15) is 0 Å². The molecule has 1 N–H and O–H groups in total. The number of aryl methyl sites for hydroxylation is 1. The fourth-order valence-electron chi connectivity index (χ4n) is 1.78. The highest BCUT2D eigenvalue weighted by Gasteiger charge is 2.16. The minimum atomic E-state index is 0.314. The highest BCUT2D eigenvalue weighted by molar-refractivity contribution is 4.97. The lowest BCUT2D eigenvalue weighted by molar-refractivity contribution is 0.351. The molecule has 1 aromatic heterocycles. The van der Waals surface area contributed by atoms with E-state index in [1.165, 1.54) is 6.42 Å². The Bertz CT molecular complexity index is 293. The lowest BCUT2D eigenvalue weighted by Gasteiger charge is -2.24. The molecular weight excluding hydrogens is 186 g/mol. The van der Waals surface area contributed by atoms with Crippen LogP contribution in [-0.4, -0.2) is 15.6 Å². The van der Waals surface area contributed by atoms with Crippen LogP contribution in [0.5, 0.6) is 0 Å². The van der Waals surface area contributed by atoms with Crippen molar-refractivity contribution in [2.24, 2.45) is 13.0 Å². The van der Waals surface area contributed by atoms with Crippen molar-refractivity contribution >= 4 is 0 Å². The fraction of sp³-hybridized carbons (Fsp3) is 0.750. The van der Waals surface area contributed by atoms with Crippen LogP contribution in [0.15, 0.2) is 12.4 Å². The Morgan fingerprint density at radius 1 is 1.40 bits per heavy atom. The van der Waals surface area contributed by atoms with E-state index in [1.54, 1.807) is 0 Å². The van der Waals surface area contributed by atoms with Gasteiger partial charge in [0.05, 0.1) is 6.04 Å². The van der Waals surface area contributed by atoms with Crippen molar-refractivity contribution in [3.8, 4) is 0 Å². The number of nitrogens with one attached hydrogen (secondary N) is 1. The molecule has 86 valence electrons. The second-order valence-electron chi connectivity index (χ2n) is 4.46. The number of nitrogens with zero attached hydrogens (tertiary/aromatic N) is 2. The normalized spacial score (nSPS) is 17.4. The maximum Gasteiger partial charge on any atom is 0.125 e. The molecule has 0 aromatic carbocycles. The van der Waals surface area contributed by atoms with Gasteiger partial charge in [0.15, 0.2) is 0 Å². The molecule has 15 heavy (non-hydrogen) atoms. The Hall–Kier alpha value is -0.830. The van der Waals surface area contributed by atoms with Gasteiger partial charge in [0.1, 0.15) is 5.82 Å². The van der Waals surface area contributed by atoms with Gasteiger partial charge in [-0.3, -0.25) is 0 Å². The summed E-state index contributed by atoms with van der Waals surface area (Å²) in [5, 5.41) is 3.59. The van der Waals surface area contributed by atoms with E-state index in [0.717, 1.165) is 5.82 Å². The van der Waals surface area contributed by atoms with E-state index in [2.05, 4.69) is 42.6 Å². The van der Waals surface area contributed by atoms with E-state index in [0.29, 0.717) is 18.0 Å². The highest BCUT2D eigenvalue weighted by Crippen LogP contribution is 2.14. The molecule has 3 unspecified atom stereocenters. The van der Waals surface area contributed by atoms with Crippen LogP contribution in [0.4, 0.5) is 0 Å². The molecule has 0 bridgehead atoms. The van der Waals surface area contributed by atoms with Crippen molar-refractivity contribution in [1.29, 1.82) is 0 Å². The first-order chi connectivity index (χ1) is 7.06. The average molecular weight is 209 g/mol. The first-order valence-electron chi connectivity index (χ1n) is 5.79. The topological polar surface area (TPSA) is 29.9 Å². The van der Waals surface area contributed by atoms with Gasteiger partial charge in [0.2, 0.25) is 0 Å². The van der Waals surface area contributed by atoms with Crippen LogP contribution in [0.2, 0.25) is 0 Å². The third-order valence-electron chi connectivity index (χ3n) is 3.26. The maximum absolute atomic E-state index is 4.35. The van der Waals surface area contributed by atoms with Crippen LogP contribution >= 0.6 is 0 Å². The highest BCUT2D eigenvalue weighted by atomic mass is 15.1. The fourth-order valence-corrected chi connectivity index (χ4v) is 1.78. The van der Waals surface area contributed by atoms with Crippen molar-refractivity contribution < 1.29 is 0 Å². The summed E-state index contributed by atoms with van der Waals surface area (Å²) in [6, 6.07) is 0.843. The Labute approximate surface area is 92.9 Å². The zero-order chi connectivity index (χ0) is 11.4. The smallest absolute Gasteiger partial charge is 0.125 e. The van der Waals surface area contributed by atoms with Gasteiger partial charge >= 0.3 is 0 Å². The summed E-state index contributed by atoms with van der Waals surface area (Å²) in [6.45, 7) is 8.92. The van der Waals surface area contributed by atoms with Crippen molar-refractivity contribution in [3.05, 3.63) is 18.2 Å². The van der Waals surface area contributed by atoms with E-state index < -0.39 is 0 Å². The van der Waals surface area contributed by atoms with E-state index in [-0.39, 0.29) is 0 Å². The van der Waals surface area contributed by atoms with Crippen LogP contribution in [-0.2, 0) is 7.05 Å². The maximum atomic E-state index is 4.35. The molecule has 1 heterocycles. The molecule has 0 aliphatic heterocycles. The predicted octanol–water partition coefficient (Wildman–Crippen LogP) is 2.51. The van der Waals surface area contributed by atoms with Gasteiger partial charge in [-0.25, -0.2) is 4.98 Å². The Kier molecular flexibility index (Phi) is 4.33. The Morgan fingerprint density at radius 2 is 2.07 bits per heavy atom. The van der Waals surface area contributed by atoms with Crippen molar-refractivity contribution in [1.82, 2.24) is 14.9 Å². The summed E-state index contributed by atoms with van der Waals surface area (Å²) < 4.78 is 2.07. The molecular formula is C12H23N3. The van der Waals surface area contributed by atoms with E-state index in [1.807, 2.05) is 19.4 Å². The van der Waals surface area contributed by atoms with Gasteiger partial charge in [-0.05, 0) is 19.8 Å². The van der Waals surface area contributed by atoms with Crippen LogP contribution in [0.3, 0.4) is 0 Å². The van der Waals surface area contributed by atoms with Gasteiger partial charge in [-0.1, -0.05) is 20.3 Å². The molecule has 0 spiro atoms. The molecule has 0 fully saturated rings. The molecule has 3 heteroatoms. The van der Waals surface area contributed by atoms with Gasteiger partial charge in [-0.15, -0.1) is 0 Å². The molecule has 0 amide bonds. The van der Waals surface area contributed by atoms with Gasteiger partial charge in [0, 0.05) is 25.5 Å². The second-order valence-corrected chi connectivity index (χ2v) is 4.46. The Balaban J connectivity index is 2.56. The zero-order valence-corrected chi connectivity index (χ0v) is 10.5. The van der Waals surface area contributed by atoms with Crippen LogP contribution in [0, 0.1) is 5.92 Å². The summed E-state index contributed by atoms with van der Waals surface area (Å²) in [7, 11) is 2.04.